The Balaban J connectivity index is 2.69. The lowest BCUT2D eigenvalue weighted by atomic mass is 10.2. The van der Waals surface area contributed by atoms with Crippen molar-refractivity contribution in [1.82, 2.24) is 5.32 Å². The summed E-state index contributed by atoms with van der Waals surface area (Å²) < 4.78 is 52.4. The maximum atomic E-state index is 13.3. The largest absolute Gasteiger partial charge is 0.336 e. The van der Waals surface area contributed by atoms with Crippen molar-refractivity contribution in [2.45, 2.75) is 0 Å². The minimum atomic E-state index is -1.95. The monoisotopic (exact) mass is 262 g/mol. The van der Waals surface area contributed by atoms with Crippen molar-refractivity contribution in [3.05, 3.63) is 29.3 Å². The average molecular weight is 262 g/mol. The van der Waals surface area contributed by atoms with Gasteiger partial charge in [-0.25, -0.2) is 27.3 Å². The fourth-order valence-corrected chi connectivity index (χ4v) is 1.36. The Morgan fingerprint density at radius 3 is 1.83 bits per heavy atom. The smallest absolute Gasteiger partial charge is 0.269 e. The van der Waals surface area contributed by atoms with Gasteiger partial charge in [-0.3, -0.25) is 14.9 Å². The highest BCUT2D eigenvalue weighted by molar-refractivity contribution is 6.53. The number of nitrogens with one attached hydrogen (secondary N) is 1. The summed E-state index contributed by atoms with van der Waals surface area (Å²) in [5, 5.41) is 1.43. The fraction of sp³-hybridized carbons (Fsp3) is 0. The molecule has 1 fully saturated rings. The molecule has 1 saturated heterocycles. The molecule has 0 spiro atoms. The van der Waals surface area contributed by atoms with Crippen LogP contribution in [0.15, 0.2) is 6.07 Å². The van der Waals surface area contributed by atoms with Gasteiger partial charge in [-0.1, -0.05) is 0 Å². The summed E-state index contributed by atoms with van der Waals surface area (Å²) >= 11 is 0. The van der Waals surface area contributed by atoms with E-state index in [1.54, 1.807) is 0 Å². The number of halogens is 4. The van der Waals surface area contributed by atoms with Crippen molar-refractivity contribution in [1.29, 1.82) is 0 Å². The van der Waals surface area contributed by atoms with Crippen LogP contribution >= 0.6 is 0 Å². The molecule has 1 aliphatic heterocycles. The van der Waals surface area contributed by atoms with Gasteiger partial charge in [0.25, 0.3) is 0 Å². The van der Waals surface area contributed by atoms with Crippen LogP contribution in [0.3, 0.4) is 0 Å². The molecule has 94 valence electrons. The summed E-state index contributed by atoms with van der Waals surface area (Å²) in [6.45, 7) is 0. The third kappa shape index (κ3) is 1.51. The zero-order valence-electron chi connectivity index (χ0n) is 8.26. The minimum absolute atomic E-state index is 0.0888. The van der Waals surface area contributed by atoms with E-state index in [4.69, 9.17) is 0 Å². The third-order valence-electron chi connectivity index (χ3n) is 2.13. The molecule has 0 atom stereocenters. The number of hydrogen-bond acceptors (Lipinski definition) is 3. The molecule has 1 N–H and O–H groups in total. The van der Waals surface area contributed by atoms with E-state index in [9.17, 15) is 31.9 Å². The summed E-state index contributed by atoms with van der Waals surface area (Å²) in [5.41, 5.74) is -1.57. The molecule has 5 nitrogen and oxygen atoms in total. The molecule has 0 aliphatic carbocycles. The van der Waals surface area contributed by atoms with Crippen molar-refractivity contribution in [3.8, 4) is 0 Å². The second-order valence-electron chi connectivity index (χ2n) is 3.22. The van der Waals surface area contributed by atoms with Crippen LogP contribution in [0.1, 0.15) is 0 Å². The predicted molar refractivity (Wildman–Crippen MR) is 47.3 cm³/mol. The summed E-state index contributed by atoms with van der Waals surface area (Å²) in [5.74, 6) is -10.6. The summed E-state index contributed by atoms with van der Waals surface area (Å²) in [6, 6.07) is -1.58. The van der Waals surface area contributed by atoms with Crippen LogP contribution in [0, 0.1) is 23.3 Å². The van der Waals surface area contributed by atoms with Crippen molar-refractivity contribution >= 4 is 23.5 Å². The van der Waals surface area contributed by atoms with Crippen LogP contribution < -0.4 is 10.2 Å². The molecule has 4 amide bonds. The van der Waals surface area contributed by atoms with Gasteiger partial charge in [0, 0.05) is 6.07 Å². The lowest BCUT2D eigenvalue weighted by Gasteiger charge is -2.13. The molecule has 1 heterocycles. The van der Waals surface area contributed by atoms with Crippen molar-refractivity contribution in [3.63, 3.8) is 0 Å². The first-order valence-corrected chi connectivity index (χ1v) is 4.37. The number of anilines is 1. The van der Waals surface area contributed by atoms with Gasteiger partial charge in [-0.2, -0.15) is 0 Å². The van der Waals surface area contributed by atoms with Gasteiger partial charge in [0.15, 0.2) is 23.3 Å². The number of imide groups is 2. The highest BCUT2D eigenvalue weighted by Gasteiger charge is 2.42. The first-order valence-electron chi connectivity index (χ1n) is 4.37. The maximum Gasteiger partial charge on any atom is 0.336 e. The van der Waals surface area contributed by atoms with E-state index in [1.165, 1.54) is 5.32 Å². The second kappa shape index (κ2) is 3.79. The molecule has 0 unspecified atom stereocenters. The van der Waals surface area contributed by atoms with Crippen molar-refractivity contribution in [2.24, 2.45) is 0 Å². The molecular formula is C9H2F4N2O3. The number of carbonyl (C=O) groups is 3. The first-order chi connectivity index (χ1) is 8.34. The third-order valence-corrected chi connectivity index (χ3v) is 2.13. The average Bonchev–Trinajstić information content (AvgIpc) is 2.53. The predicted octanol–water partition coefficient (Wildman–Crippen LogP) is 0.826. The van der Waals surface area contributed by atoms with Crippen molar-refractivity contribution < 1.29 is 31.9 Å². The Morgan fingerprint density at radius 2 is 1.44 bits per heavy atom. The Labute approximate surface area is 96.0 Å². The van der Waals surface area contributed by atoms with Crippen molar-refractivity contribution in [2.75, 3.05) is 4.90 Å². The molecule has 1 aliphatic rings. The molecule has 0 saturated carbocycles. The van der Waals surface area contributed by atoms with Gasteiger partial charge in [0.2, 0.25) is 0 Å². The standard InChI is InChI=1S/C9H2F4N2O3/c10-2-1-3(11)5(13)6(4(2)12)15-8(17)7(16)14-9(15)18/h1H,(H,14,16,18). The molecule has 9 heteroatoms. The number of benzene rings is 1. The van der Waals surface area contributed by atoms with Gasteiger partial charge >= 0.3 is 17.8 Å². The lowest BCUT2D eigenvalue weighted by Crippen LogP contribution is -2.33. The summed E-state index contributed by atoms with van der Waals surface area (Å²) in [7, 11) is 0. The van der Waals surface area contributed by atoms with Gasteiger partial charge in [0.1, 0.15) is 5.69 Å². The molecule has 1 aromatic carbocycles. The Morgan fingerprint density at radius 1 is 0.944 bits per heavy atom. The zero-order chi connectivity index (χ0) is 13.6. The highest BCUT2D eigenvalue weighted by Crippen LogP contribution is 2.29. The zero-order valence-corrected chi connectivity index (χ0v) is 8.26. The molecule has 18 heavy (non-hydrogen) atoms. The van der Waals surface area contributed by atoms with E-state index in [2.05, 4.69) is 0 Å². The van der Waals surface area contributed by atoms with E-state index in [0.29, 0.717) is 0 Å². The molecule has 0 aromatic heterocycles. The van der Waals surface area contributed by atoms with Crippen LogP contribution in [0.4, 0.5) is 28.0 Å². The van der Waals surface area contributed by atoms with E-state index in [1.807, 2.05) is 0 Å². The second-order valence-corrected chi connectivity index (χ2v) is 3.22. The number of carbonyl (C=O) groups excluding carboxylic acids is 3. The van der Waals surface area contributed by atoms with Gasteiger partial charge in [-0.15, -0.1) is 0 Å². The van der Waals surface area contributed by atoms with E-state index >= 15 is 0 Å². The molecule has 0 radical (unpaired) electrons. The SMILES string of the molecule is O=C1NC(=O)N(c2c(F)c(F)cc(F)c2F)C1=O. The Bertz CT molecular complexity index is 576. The van der Waals surface area contributed by atoms with E-state index in [0.717, 1.165) is 0 Å². The molecule has 1 aromatic rings. The number of amides is 4. The number of nitrogens with zero attached hydrogens (tertiary/aromatic N) is 1. The van der Waals surface area contributed by atoms with E-state index in [-0.39, 0.29) is 11.0 Å². The van der Waals surface area contributed by atoms with Gasteiger partial charge in [-0.05, 0) is 0 Å². The Hall–Kier alpha value is -2.45. The number of rotatable bonds is 1. The van der Waals surface area contributed by atoms with Crippen LogP contribution in [0.2, 0.25) is 0 Å². The minimum Gasteiger partial charge on any atom is -0.269 e. The highest BCUT2D eigenvalue weighted by atomic mass is 19.2. The van der Waals surface area contributed by atoms with Crippen LogP contribution in [0.25, 0.3) is 0 Å². The van der Waals surface area contributed by atoms with Gasteiger partial charge < -0.3 is 0 Å². The van der Waals surface area contributed by atoms with Crippen LogP contribution in [-0.2, 0) is 9.59 Å². The lowest BCUT2D eigenvalue weighted by molar-refractivity contribution is -0.134. The topological polar surface area (TPSA) is 66.5 Å². The van der Waals surface area contributed by atoms with E-state index < -0.39 is 46.8 Å². The van der Waals surface area contributed by atoms with Crippen LogP contribution in [0.5, 0.6) is 0 Å². The van der Waals surface area contributed by atoms with Crippen LogP contribution in [-0.4, -0.2) is 17.8 Å². The molecule has 0 bridgehead atoms. The summed E-state index contributed by atoms with van der Waals surface area (Å²) in [4.78, 5) is 32.8. The number of urea groups is 1. The molecular weight excluding hydrogens is 260 g/mol. The summed E-state index contributed by atoms with van der Waals surface area (Å²) in [6.07, 6.45) is 0. The van der Waals surface area contributed by atoms with Gasteiger partial charge in [0.05, 0.1) is 0 Å². The first kappa shape index (κ1) is 12.0. The Kier molecular flexibility index (Phi) is 2.53. The number of hydrogen-bond donors (Lipinski definition) is 1. The normalized spacial score (nSPS) is 15.3. The molecule has 2 rings (SSSR count). The maximum absolute atomic E-state index is 13.3. The quantitative estimate of drug-likeness (QED) is 0.353. The fourth-order valence-electron chi connectivity index (χ4n) is 1.36.